The molecule has 0 aliphatic rings. The Morgan fingerprint density at radius 2 is 1.88 bits per heavy atom. The first-order valence-corrected chi connectivity index (χ1v) is 4.55. The van der Waals surface area contributed by atoms with Gasteiger partial charge < -0.3 is 10.5 Å². The van der Waals surface area contributed by atoms with Gasteiger partial charge in [-0.2, -0.15) is 13.2 Å². The molecule has 1 aromatic rings. The second-order valence-electron chi connectivity index (χ2n) is 3.37. The Hall–Kier alpha value is -1.86. The molecule has 8 heteroatoms. The van der Waals surface area contributed by atoms with Crippen LogP contribution in [0.3, 0.4) is 0 Å². The number of rotatable bonds is 3. The minimum absolute atomic E-state index is 0.0816. The third kappa shape index (κ3) is 3.30. The van der Waals surface area contributed by atoms with Crippen LogP contribution >= 0.6 is 0 Å². The number of nitrogens with two attached hydrogens (primary N) is 1. The number of ether oxygens (including phenoxy) is 1. The molecule has 5 nitrogen and oxygen atoms in total. The molecule has 0 aliphatic carbocycles. The van der Waals surface area contributed by atoms with Crippen LogP contribution in [0.2, 0.25) is 0 Å². The Morgan fingerprint density at radius 3 is 2.35 bits per heavy atom. The van der Waals surface area contributed by atoms with Gasteiger partial charge in [0.05, 0.1) is 0 Å². The molecule has 0 aliphatic heterocycles. The molecule has 2 N–H and O–H groups in total. The fraction of sp³-hybridized carbons (Fsp3) is 0.444. The summed E-state index contributed by atoms with van der Waals surface area (Å²) in [4.78, 5) is 10.9. The standard InChI is InChI=1S/C9H10F3N3O2/c1-4-5(2)8(17-3-9(10,11)12)15-14-6(4)7(13)16/h3H2,1-2H3,(H2,13,16). The Kier molecular flexibility index (Phi) is 3.54. The average molecular weight is 249 g/mol. The molecule has 1 heterocycles. The first-order chi connectivity index (χ1) is 7.72. The van der Waals surface area contributed by atoms with E-state index in [1.807, 2.05) is 0 Å². The maximum absolute atomic E-state index is 11.9. The van der Waals surface area contributed by atoms with Gasteiger partial charge >= 0.3 is 6.18 Å². The van der Waals surface area contributed by atoms with Gasteiger partial charge in [0.1, 0.15) is 0 Å². The highest BCUT2D eigenvalue weighted by Crippen LogP contribution is 2.22. The predicted molar refractivity (Wildman–Crippen MR) is 51.6 cm³/mol. The zero-order chi connectivity index (χ0) is 13.2. The number of primary amides is 1. The molecule has 0 radical (unpaired) electrons. The maximum atomic E-state index is 11.9. The minimum atomic E-state index is -4.45. The molecule has 0 fully saturated rings. The van der Waals surface area contributed by atoms with E-state index in [0.29, 0.717) is 11.1 Å². The quantitative estimate of drug-likeness (QED) is 0.871. The van der Waals surface area contributed by atoms with Crippen LogP contribution in [-0.4, -0.2) is 28.9 Å². The third-order valence-electron chi connectivity index (χ3n) is 2.09. The molecule has 0 saturated heterocycles. The summed E-state index contributed by atoms with van der Waals surface area (Å²) >= 11 is 0. The van der Waals surface area contributed by atoms with Crippen LogP contribution in [0, 0.1) is 13.8 Å². The lowest BCUT2D eigenvalue weighted by atomic mass is 10.1. The molecule has 0 unspecified atom stereocenters. The molecule has 0 saturated carbocycles. The fourth-order valence-electron chi connectivity index (χ4n) is 1.10. The molecule has 94 valence electrons. The van der Waals surface area contributed by atoms with Gasteiger partial charge in [0.25, 0.3) is 5.91 Å². The van der Waals surface area contributed by atoms with Gasteiger partial charge in [0, 0.05) is 5.56 Å². The number of nitrogens with zero attached hydrogens (tertiary/aromatic N) is 2. The molecule has 0 aromatic carbocycles. The molecule has 0 atom stereocenters. The summed E-state index contributed by atoms with van der Waals surface area (Å²) in [6.45, 7) is 1.52. The second-order valence-corrected chi connectivity index (χ2v) is 3.37. The van der Waals surface area contributed by atoms with Crippen molar-refractivity contribution in [2.75, 3.05) is 6.61 Å². The average Bonchev–Trinajstić information content (AvgIpc) is 2.18. The summed E-state index contributed by atoms with van der Waals surface area (Å²) in [5, 5.41) is 6.81. The van der Waals surface area contributed by atoms with E-state index in [4.69, 9.17) is 5.73 Å². The Morgan fingerprint density at radius 1 is 1.29 bits per heavy atom. The summed E-state index contributed by atoms with van der Waals surface area (Å²) in [6.07, 6.45) is -4.45. The third-order valence-corrected chi connectivity index (χ3v) is 2.09. The van der Waals surface area contributed by atoms with Crippen LogP contribution in [0.4, 0.5) is 13.2 Å². The van der Waals surface area contributed by atoms with Crippen molar-refractivity contribution in [3.05, 3.63) is 16.8 Å². The summed E-state index contributed by atoms with van der Waals surface area (Å²) < 4.78 is 40.3. The van der Waals surface area contributed by atoms with Gasteiger partial charge in [-0.25, -0.2) is 0 Å². The monoisotopic (exact) mass is 249 g/mol. The lowest BCUT2D eigenvalue weighted by Crippen LogP contribution is -2.22. The largest absolute Gasteiger partial charge is 0.467 e. The fourth-order valence-corrected chi connectivity index (χ4v) is 1.10. The number of aromatic nitrogens is 2. The van der Waals surface area contributed by atoms with Crippen molar-refractivity contribution < 1.29 is 22.7 Å². The lowest BCUT2D eigenvalue weighted by Gasteiger charge is -2.11. The van der Waals surface area contributed by atoms with Gasteiger partial charge in [-0.05, 0) is 19.4 Å². The van der Waals surface area contributed by atoms with Crippen LogP contribution in [0.1, 0.15) is 21.6 Å². The van der Waals surface area contributed by atoms with E-state index in [2.05, 4.69) is 14.9 Å². The van der Waals surface area contributed by atoms with Gasteiger partial charge in [-0.3, -0.25) is 4.79 Å². The first-order valence-electron chi connectivity index (χ1n) is 4.55. The van der Waals surface area contributed by atoms with Crippen molar-refractivity contribution in [2.24, 2.45) is 5.73 Å². The van der Waals surface area contributed by atoms with Crippen LogP contribution in [-0.2, 0) is 0 Å². The highest BCUT2D eigenvalue weighted by molar-refractivity contribution is 5.92. The predicted octanol–water partition coefficient (Wildman–Crippen LogP) is 1.13. The smallest absolute Gasteiger partial charge is 0.422 e. The van der Waals surface area contributed by atoms with Crippen molar-refractivity contribution in [3.8, 4) is 5.88 Å². The van der Waals surface area contributed by atoms with E-state index in [-0.39, 0.29) is 11.6 Å². The number of carbonyl (C=O) groups excluding carboxylic acids is 1. The molecule has 1 aromatic heterocycles. The molecule has 0 bridgehead atoms. The zero-order valence-electron chi connectivity index (χ0n) is 9.13. The van der Waals surface area contributed by atoms with Crippen molar-refractivity contribution in [3.63, 3.8) is 0 Å². The summed E-state index contributed by atoms with van der Waals surface area (Å²) in [5.74, 6) is -1.05. The van der Waals surface area contributed by atoms with Crippen molar-refractivity contribution >= 4 is 5.91 Å². The van der Waals surface area contributed by atoms with Gasteiger partial charge in [0.15, 0.2) is 12.3 Å². The van der Waals surface area contributed by atoms with E-state index in [1.54, 1.807) is 0 Å². The van der Waals surface area contributed by atoms with Gasteiger partial charge in [-0.15, -0.1) is 10.2 Å². The molecular formula is C9H10F3N3O2. The molecule has 0 spiro atoms. The number of alkyl halides is 3. The van der Waals surface area contributed by atoms with Gasteiger partial charge in [-0.1, -0.05) is 0 Å². The van der Waals surface area contributed by atoms with E-state index >= 15 is 0 Å². The van der Waals surface area contributed by atoms with E-state index < -0.39 is 18.7 Å². The Labute approximate surface area is 94.8 Å². The van der Waals surface area contributed by atoms with E-state index in [9.17, 15) is 18.0 Å². The number of halogens is 3. The van der Waals surface area contributed by atoms with E-state index in [0.717, 1.165) is 0 Å². The zero-order valence-corrected chi connectivity index (χ0v) is 9.13. The topological polar surface area (TPSA) is 78.1 Å². The molecule has 17 heavy (non-hydrogen) atoms. The lowest BCUT2D eigenvalue weighted by molar-refractivity contribution is -0.154. The minimum Gasteiger partial charge on any atom is -0.467 e. The van der Waals surface area contributed by atoms with Crippen LogP contribution < -0.4 is 10.5 Å². The number of carbonyl (C=O) groups is 1. The molecule has 1 amide bonds. The first kappa shape index (κ1) is 13.2. The summed E-state index contributed by atoms with van der Waals surface area (Å²) in [5.41, 5.74) is 5.59. The second kappa shape index (κ2) is 4.56. The van der Waals surface area contributed by atoms with E-state index in [1.165, 1.54) is 13.8 Å². The molecular weight excluding hydrogens is 239 g/mol. The normalized spacial score (nSPS) is 11.4. The van der Waals surface area contributed by atoms with Gasteiger partial charge in [0.2, 0.25) is 5.88 Å². The van der Waals surface area contributed by atoms with Crippen molar-refractivity contribution in [1.82, 2.24) is 10.2 Å². The van der Waals surface area contributed by atoms with Crippen LogP contribution in [0.5, 0.6) is 5.88 Å². The Balaban J connectivity index is 2.97. The van der Waals surface area contributed by atoms with Crippen LogP contribution in [0.15, 0.2) is 0 Å². The van der Waals surface area contributed by atoms with Crippen LogP contribution in [0.25, 0.3) is 0 Å². The summed E-state index contributed by atoms with van der Waals surface area (Å²) in [6, 6.07) is 0. The molecule has 1 rings (SSSR count). The SMILES string of the molecule is Cc1c(OCC(F)(F)F)nnc(C(N)=O)c1C. The number of amides is 1. The number of hydrogen-bond donors (Lipinski definition) is 1. The van der Waals surface area contributed by atoms with Crippen molar-refractivity contribution in [1.29, 1.82) is 0 Å². The highest BCUT2D eigenvalue weighted by atomic mass is 19.4. The highest BCUT2D eigenvalue weighted by Gasteiger charge is 2.29. The Bertz CT molecular complexity index is 446. The maximum Gasteiger partial charge on any atom is 0.422 e. The summed E-state index contributed by atoms with van der Waals surface area (Å²) in [7, 11) is 0. The van der Waals surface area contributed by atoms with Crippen molar-refractivity contribution in [2.45, 2.75) is 20.0 Å². The number of hydrogen-bond acceptors (Lipinski definition) is 4.